The monoisotopic (exact) mass is 293 g/mol. The van der Waals surface area contributed by atoms with Crippen LogP contribution in [0.4, 0.5) is 5.69 Å². The number of amides is 1. The molecular formula is C15H23N3OS. The van der Waals surface area contributed by atoms with Crippen LogP contribution in [0.25, 0.3) is 0 Å². The van der Waals surface area contributed by atoms with Crippen molar-refractivity contribution in [1.29, 1.82) is 0 Å². The first kappa shape index (κ1) is 16.4. The highest BCUT2D eigenvalue weighted by Gasteiger charge is 2.11. The number of thiocarbonyl (C=S) groups is 1. The first-order valence-corrected chi connectivity index (χ1v) is 7.09. The number of hydrogen-bond acceptors (Lipinski definition) is 2. The van der Waals surface area contributed by atoms with Crippen molar-refractivity contribution in [3.63, 3.8) is 0 Å². The van der Waals surface area contributed by atoms with E-state index in [9.17, 15) is 4.79 Å². The number of nitrogens with zero attached hydrogens (tertiary/aromatic N) is 1. The van der Waals surface area contributed by atoms with Gasteiger partial charge in [-0.15, -0.1) is 0 Å². The molecule has 0 spiro atoms. The predicted octanol–water partition coefficient (Wildman–Crippen LogP) is 2.46. The molecule has 4 nitrogen and oxygen atoms in total. The molecule has 0 aliphatic heterocycles. The molecule has 1 aromatic carbocycles. The van der Waals surface area contributed by atoms with Crippen molar-refractivity contribution in [2.24, 2.45) is 0 Å². The molecule has 0 aliphatic rings. The summed E-state index contributed by atoms with van der Waals surface area (Å²) in [6.45, 7) is 8.22. The van der Waals surface area contributed by atoms with Gasteiger partial charge in [-0.2, -0.15) is 0 Å². The number of anilines is 1. The third kappa shape index (κ3) is 4.81. The van der Waals surface area contributed by atoms with Gasteiger partial charge in [-0.25, -0.2) is 0 Å². The first-order chi connectivity index (χ1) is 9.31. The number of carbonyl (C=O) groups excluding carboxylic acids is 1. The van der Waals surface area contributed by atoms with Crippen molar-refractivity contribution >= 4 is 28.9 Å². The maximum absolute atomic E-state index is 11.7. The Balaban J connectivity index is 2.62. The molecule has 0 heterocycles. The minimum atomic E-state index is -0.0346. The maximum Gasteiger partial charge on any atom is 0.239 e. The summed E-state index contributed by atoms with van der Waals surface area (Å²) in [5.74, 6) is -0.0346. The summed E-state index contributed by atoms with van der Waals surface area (Å²) < 4.78 is 0. The fourth-order valence-corrected chi connectivity index (χ4v) is 1.93. The van der Waals surface area contributed by atoms with E-state index in [1.807, 2.05) is 32.9 Å². The van der Waals surface area contributed by atoms with Gasteiger partial charge in [-0.05, 0) is 57.1 Å². The standard InChI is InChI=1S/C15H23N3OS/c1-10(2)16-14(19)9-18(5)15(20)17-13-8-6-7-11(3)12(13)4/h6-8,10H,9H2,1-5H3,(H,16,19)(H,17,20). The molecule has 0 aliphatic carbocycles. The van der Waals surface area contributed by atoms with Gasteiger partial charge in [0.05, 0.1) is 6.54 Å². The molecule has 0 fully saturated rings. The summed E-state index contributed by atoms with van der Waals surface area (Å²) in [7, 11) is 1.81. The van der Waals surface area contributed by atoms with Crippen LogP contribution in [0.1, 0.15) is 25.0 Å². The Kier molecular flexibility index (Phi) is 5.95. The van der Waals surface area contributed by atoms with Crippen LogP contribution in [0.2, 0.25) is 0 Å². The lowest BCUT2D eigenvalue weighted by Gasteiger charge is -2.22. The van der Waals surface area contributed by atoms with Crippen molar-refractivity contribution in [2.75, 3.05) is 18.9 Å². The Labute approximate surface area is 126 Å². The van der Waals surface area contributed by atoms with Crippen molar-refractivity contribution in [3.8, 4) is 0 Å². The number of nitrogens with one attached hydrogen (secondary N) is 2. The molecule has 0 saturated carbocycles. The smallest absolute Gasteiger partial charge is 0.239 e. The molecule has 20 heavy (non-hydrogen) atoms. The molecule has 0 atom stereocenters. The van der Waals surface area contributed by atoms with E-state index >= 15 is 0 Å². The van der Waals surface area contributed by atoms with Crippen molar-refractivity contribution in [2.45, 2.75) is 33.7 Å². The van der Waals surface area contributed by atoms with Crippen LogP contribution < -0.4 is 10.6 Å². The fraction of sp³-hybridized carbons (Fsp3) is 0.467. The van der Waals surface area contributed by atoms with Gasteiger partial charge < -0.3 is 15.5 Å². The van der Waals surface area contributed by atoms with Crippen molar-refractivity contribution in [1.82, 2.24) is 10.2 Å². The average Bonchev–Trinajstić information content (AvgIpc) is 2.33. The van der Waals surface area contributed by atoms with Crippen molar-refractivity contribution < 1.29 is 4.79 Å². The lowest BCUT2D eigenvalue weighted by molar-refractivity contribution is -0.121. The lowest BCUT2D eigenvalue weighted by Crippen LogP contribution is -2.42. The zero-order chi connectivity index (χ0) is 15.3. The predicted molar refractivity (Wildman–Crippen MR) is 88.0 cm³/mol. The van der Waals surface area contributed by atoms with Gasteiger partial charge in [0.25, 0.3) is 0 Å². The van der Waals surface area contributed by atoms with E-state index in [0.29, 0.717) is 5.11 Å². The van der Waals surface area contributed by atoms with E-state index in [0.717, 1.165) is 11.3 Å². The Hall–Kier alpha value is -1.62. The number of likely N-dealkylation sites (N-methyl/N-ethyl adjacent to an activating group) is 1. The SMILES string of the molecule is Cc1cccc(NC(=S)N(C)CC(=O)NC(C)C)c1C. The number of rotatable bonds is 4. The molecule has 0 radical (unpaired) electrons. The molecule has 1 rings (SSSR count). The third-order valence-corrected chi connectivity index (χ3v) is 3.44. The summed E-state index contributed by atoms with van der Waals surface area (Å²) >= 11 is 5.33. The zero-order valence-corrected chi connectivity index (χ0v) is 13.6. The summed E-state index contributed by atoms with van der Waals surface area (Å²) in [4.78, 5) is 13.4. The second kappa shape index (κ2) is 7.24. The van der Waals surface area contributed by atoms with Crippen LogP contribution in [0.5, 0.6) is 0 Å². The van der Waals surface area contributed by atoms with Gasteiger partial charge in [-0.3, -0.25) is 4.79 Å². The van der Waals surface area contributed by atoms with E-state index in [1.165, 1.54) is 5.56 Å². The molecule has 0 saturated heterocycles. The molecular weight excluding hydrogens is 270 g/mol. The second-order valence-electron chi connectivity index (χ2n) is 5.26. The van der Waals surface area contributed by atoms with Crippen LogP contribution in [0.3, 0.4) is 0 Å². The Morgan fingerprint density at radius 3 is 2.60 bits per heavy atom. The summed E-state index contributed by atoms with van der Waals surface area (Å²) in [6, 6.07) is 6.16. The molecule has 1 amide bonds. The van der Waals surface area contributed by atoms with E-state index in [2.05, 4.69) is 23.6 Å². The largest absolute Gasteiger partial charge is 0.352 e. The van der Waals surface area contributed by atoms with E-state index in [1.54, 1.807) is 11.9 Å². The van der Waals surface area contributed by atoms with Gasteiger partial charge in [0.15, 0.2) is 5.11 Å². The Morgan fingerprint density at radius 2 is 2.00 bits per heavy atom. The van der Waals surface area contributed by atoms with Crippen LogP contribution in [0, 0.1) is 13.8 Å². The summed E-state index contributed by atoms with van der Waals surface area (Å²) in [5, 5.41) is 6.57. The van der Waals surface area contributed by atoms with Gasteiger partial charge >= 0.3 is 0 Å². The number of benzene rings is 1. The van der Waals surface area contributed by atoms with Gasteiger partial charge in [-0.1, -0.05) is 12.1 Å². The molecule has 5 heteroatoms. The highest BCUT2D eigenvalue weighted by molar-refractivity contribution is 7.80. The van der Waals surface area contributed by atoms with Crippen LogP contribution in [-0.2, 0) is 4.79 Å². The second-order valence-corrected chi connectivity index (χ2v) is 5.64. The minimum absolute atomic E-state index is 0.0346. The third-order valence-electron chi connectivity index (χ3n) is 3.02. The zero-order valence-electron chi connectivity index (χ0n) is 12.8. The molecule has 0 bridgehead atoms. The van der Waals surface area contributed by atoms with Gasteiger partial charge in [0.2, 0.25) is 5.91 Å². The van der Waals surface area contributed by atoms with E-state index in [4.69, 9.17) is 12.2 Å². The molecule has 2 N–H and O–H groups in total. The van der Waals surface area contributed by atoms with Crippen LogP contribution in [0.15, 0.2) is 18.2 Å². The molecule has 110 valence electrons. The molecule has 1 aromatic rings. The van der Waals surface area contributed by atoms with Gasteiger partial charge in [0, 0.05) is 18.8 Å². The summed E-state index contributed by atoms with van der Waals surface area (Å²) in [5.41, 5.74) is 3.35. The Bertz CT molecular complexity index is 500. The fourth-order valence-electron chi connectivity index (χ4n) is 1.75. The normalized spacial score (nSPS) is 10.3. The Morgan fingerprint density at radius 1 is 1.35 bits per heavy atom. The van der Waals surface area contributed by atoms with E-state index < -0.39 is 0 Å². The lowest BCUT2D eigenvalue weighted by atomic mass is 10.1. The number of aryl methyl sites for hydroxylation is 1. The van der Waals surface area contributed by atoms with Crippen LogP contribution in [-0.4, -0.2) is 35.6 Å². The first-order valence-electron chi connectivity index (χ1n) is 6.69. The number of carbonyl (C=O) groups is 1. The topological polar surface area (TPSA) is 44.4 Å². The molecule has 0 aromatic heterocycles. The number of hydrogen-bond donors (Lipinski definition) is 2. The maximum atomic E-state index is 11.7. The quantitative estimate of drug-likeness (QED) is 0.837. The highest BCUT2D eigenvalue weighted by atomic mass is 32.1. The summed E-state index contributed by atoms with van der Waals surface area (Å²) in [6.07, 6.45) is 0. The van der Waals surface area contributed by atoms with Crippen LogP contribution >= 0.6 is 12.2 Å². The van der Waals surface area contributed by atoms with Crippen molar-refractivity contribution in [3.05, 3.63) is 29.3 Å². The molecule has 0 unspecified atom stereocenters. The van der Waals surface area contributed by atoms with E-state index in [-0.39, 0.29) is 18.5 Å². The highest BCUT2D eigenvalue weighted by Crippen LogP contribution is 2.18. The minimum Gasteiger partial charge on any atom is -0.352 e. The van der Waals surface area contributed by atoms with Gasteiger partial charge in [0.1, 0.15) is 0 Å². The average molecular weight is 293 g/mol.